The second-order valence-corrected chi connectivity index (χ2v) is 12.9. The van der Waals surface area contributed by atoms with Crippen LogP contribution in [0.4, 0.5) is 0 Å². The molecule has 0 amide bonds. The third kappa shape index (κ3) is 14.6. The predicted molar refractivity (Wildman–Crippen MR) is 107 cm³/mol. The third-order valence-corrected chi connectivity index (χ3v) is 10.3. The fraction of sp³-hybridized carbons (Fsp3) is 1.00. The first-order valence-corrected chi connectivity index (χ1v) is 13.7. The first-order valence-electron chi connectivity index (χ1n) is 9.66. The van der Waals surface area contributed by atoms with Crippen molar-refractivity contribution in [2.45, 2.75) is 91.4 Å². The molecule has 0 aromatic carbocycles. The SMILES string of the molecule is CC(O)S(=O)(=O)[O-].CCCC[P+](CCCC)(CCCC)CCCC. The molecule has 0 bridgehead atoms. The molecule has 0 aliphatic carbocycles. The third-order valence-electron chi connectivity index (χ3n) is 4.36. The highest BCUT2D eigenvalue weighted by atomic mass is 32.2. The predicted octanol–water partition coefficient (Wildman–Crippen LogP) is 5.07. The largest absolute Gasteiger partial charge is 0.746 e. The summed E-state index contributed by atoms with van der Waals surface area (Å²) in [6, 6.07) is 0. The van der Waals surface area contributed by atoms with E-state index in [1.807, 2.05) is 0 Å². The Labute approximate surface area is 151 Å². The van der Waals surface area contributed by atoms with Crippen LogP contribution in [0.15, 0.2) is 0 Å². The molecule has 0 saturated carbocycles. The molecule has 148 valence electrons. The van der Waals surface area contributed by atoms with Crippen LogP contribution >= 0.6 is 7.26 Å². The normalized spacial score (nSPS) is 13.3. The highest BCUT2D eigenvalue weighted by Gasteiger charge is 2.34. The first-order chi connectivity index (χ1) is 11.2. The minimum absolute atomic E-state index is 0.562. The summed E-state index contributed by atoms with van der Waals surface area (Å²) in [4.78, 5) is 0. The number of aliphatic hydroxyl groups excluding tert-OH is 1. The van der Waals surface area contributed by atoms with Gasteiger partial charge in [-0.3, -0.25) is 0 Å². The first kappa shape index (κ1) is 26.5. The molecule has 4 nitrogen and oxygen atoms in total. The van der Waals surface area contributed by atoms with Crippen molar-refractivity contribution in [1.82, 2.24) is 0 Å². The smallest absolute Gasteiger partial charge is 0.140 e. The van der Waals surface area contributed by atoms with Gasteiger partial charge in [0.1, 0.15) is 15.6 Å². The monoisotopic (exact) mass is 384 g/mol. The van der Waals surface area contributed by atoms with E-state index in [0.29, 0.717) is 0 Å². The minimum Gasteiger partial charge on any atom is -0.746 e. The Morgan fingerprint density at radius 2 is 1.00 bits per heavy atom. The van der Waals surface area contributed by atoms with Crippen LogP contribution in [-0.2, 0) is 10.1 Å². The molecule has 1 atom stereocenters. The van der Waals surface area contributed by atoms with Crippen molar-refractivity contribution in [3.63, 3.8) is 0 Å². The number of hydrogen-bond acceptors (Lipinski definition) is 4. The highest BCUT2D eigenvalue weighted by Crippen LogP contribution is 2.61. The van der Waals surface area contributed by atoms with Gasteiger partial charge in [-0.2, -0.15) is 0 Å². The molecule has 0 aromatic rings. The van der Waals surface area contributed by atoms with Gasteiger partial charge in [0.25, 0.3) is 0 Å². The molecule has 0 saturated heterocycles. The molecule has 0 rings (SSSR count). The fourth-order valence-corrected chi connectivity index (χ4v) is 7.93. The van der Waals surface area contributed by atoms with Gasteiger partial charge < -0.3 is 9.66 Å². The van der Waals surface area contributed by atoms with E-state index in [4.69, 9.17) is 5.11 Å². The number of unbranched alkanes of at least 4 members (excludes halogenated alkanes) is 4. The van der Waals surface area contributed by atoms with Crippen molar-refractivity contribution < 1.29 is 18.1 Å². The van der Waals surface area contributed by atoms with E-state index in [1.54, 1.807) is 24.6 Å². The summed E-state index contributed by atoms with van der Waals surface area (Å²) in [5, 5.41) is 7.99. The average Bonchev–Trinajstić information content (AvgIpc) is 2.53. The molecule has 0 radical (unpaired) electrons. The van der Waals surface area contributed by atoms with Crippen LogP contribution < -0.4 is 0 Å². The van der Waals surface area contributed by atoms with E-state index in [-0.39, 0.29) is 0 Å². The van der Waals surface area contributed by atoms with Crippen molar-refractivity contribution in [2.24, 2.45) is 0 Å². The Kier molecular flexibility index (Phi) is 17.2. The zero-order valence-electron chi connectivity index (χ0n) is 16.6. The molecule has 0 fully saturated rings. The summed E-state index contributed by atoms with van der Waals surface area (Å²) in [6.07, 6.45) is 17.9. The number of hydrogen-bond donors (Lipinski definition) is 1. The molecule has 0 heterocycles. The molecule has 6 heteroatoms. The second-order valence-electron chi connectivity index (χ2n) is 6.74. The minimum atomic E-state index is -4.44. The Morgan fingerprint density at radius 3 is 1.12 bits per heavy atom. The zero-order valence-corrected chi connectivity index (χ0v) is 18.3. The van der Waals surface area contributed by atoms with Crippen molar-refractivity contribution in [3.8, 4) is 0 Å². The summed E-state index contributed by atoms with van der Waals surface area (Å²) < 4.78 is 28.6. The lowest BCUT2D eigenvalue weighted by atomic mass is 10.4. The van der Waals surface area contributed by atoms with Crippen LogP contribution in [0.2, 0.25) is 0 Å². The van der Waals surface area contributed by atoms with Crippen LogP contribution in [0.5, 0.6) is 0 Å². The van der Waals surface area contributed by atoms with Crippen molar-refractivity contribution >= 4 is 17.4 Å². The summed E-state index contributed by atoms with van der Waals surface area (Å²) in [5.74, 6) is 0. The van der Waals surface area contributed by atoms with E-state index < -0.39 is 22.8 Å². The maximum atomic E-state index is 9.53. The maximum absolute atomic E-state index is 9.53. The van der Waals surface area contributed by atoms with Crippen LogP contribution in [0.1, 0.15) is 86.0 Å². The Bertz CT molecular complexity index is 332. The lowest BCUT2D eigenvalue weighted by molar-refractivity contribution is 0.249. The summed E-state index contributed by atoms with van der Waals surface area (Å²) in [6.45, 7) is 10.3. The lowest BCUT2D eigenvalue weighted by Crippen LogP contribution is -2.14. The second kappa shape index (κ2) is 15.5. The van der Waals surface area contributed by atoms with Crippen molar-refractivity contribution in [2.75, 3.05) is 24.6 Å². The number of rotatable bonds is 13. The van der Waals surface area contributed by atoms with Crippen LogP contribution in [0, 0.1) is 0 Å². The Morgan fingerprint density at radius 1 is 0.792 bits per heavy atom. The fourth-order valence-electron chi connectivity index (χ4n) is 2.64. The highest BCUT2D eigenvalue weighted by molar-refractivity contribution is 7.86. The molecule has 1 unspecified atom stereocenters. The van der Waals surface area contributed by atoms with E-state index >= 15 is 0 Å². The van der Waals surface area contributed by atoms with Gasteiger partial charge in [0.05, 0.1) is 24.6 Å². The average molecular weight is 385 g/mol. The molecular weight excluding hydrogens is 343 g/mol. The van der Waals surface area contributed by atoms with Crippen LogP contribution in [0.25, 0.3) is 0 Å². The summed E-state index contributed by atoms with van der Waals surface area (Å²) >= 11 is 0. The summed E-state index contributed by atoms with van der Waals surface area (Å²) in [5.41, 5.74) is -1.78. The van der Waals surface area contributed by atoms with Gasteiger partial charge >= 0.3 is 0 Å². The van der Waals surface area contributed by atoms with Crippen LogP contribution in [0.3, 0.4) is 0 Å². The van der Waals surface area contributed by atoms with Gasteiger partial charge in [0.15, 0.2) is 0 Å². The van der Waals surface area contributed by atoms with E-state index in [2.05, 4.69) is 27.7 Å². The maximum Gasteiger partial charge on any atom is 0.140 e. The van der Waals surface area contributed by atoms with Gasteiger partial charge in [-0.15, -0.1) is 0 Å². The van der Waals surface area contributed by atoms with Gasteiger partial charge in [0, 0.05) is 7.26 Å². The molecule has 24 heavy (non-hydrogen) atoms. The van der Waals surface area contributed by atoms with Gasteiger partial charge in [0.2, 0.25) is 0 Å². The van der Waals surface area contributed by atoms with Crippen molar-refractivity contribution in [1.29, 1.82) is 0 Å². The Balaban J connectivity index is 0. The standard InChI is InChI=1S/C16H36P.C2H6O4S/c1-5-9-13-17(14-10-6-2,15-11-7-3)16-12-8-4;1-2(3)7(4,5)6/h5-16H2,1-4H3;2-3H,1H3,(H,4,5,6)/q+1;/p-1. The van der Waals surface area contributed by atoms with Gasteiger partial charge in [-0.1, -0.05) is 53.4 Å². The van der Waals surface area contributed by atoms with Gasteiger partial charge in [-0.25, -0.2) is 8.42 Å². The molecule has 0 spiro atoms. The van der Waals surface area contributed by atoms with Crippen LogP contribution in [-0.4, -0.2) is 48.2 Å². The quantitative estimate of drug-likeness (QED) is 0.355. The molecule has 1 N–H and O–H groups in total. The van der Waals surface area contributed by atoms with E-state index in [1.165, 1.54) is 51.4 Å². The Hall–Kier alpha value is 0.300. The van der Waals surface area contributed by atoms with E-state index in [0.717, 1.165) is 6.92 Å². The molecule has 0 aromatic heterocycles. The topological polar surface area (TPSA) is 77.4 Å². The van der Waals surface area contributed by atoms with Crippen molar-refractivity contribution in [3.05, 3.63) is 0 Å². The lowest BCUT2D eigenvalue weighted by Gasteiger charge is -2.28. The zero-order chi connectivity index (χ0) is 19.1. The molecule has 0 aliphatic heterocycles. The van der Waals surface area contributed by atoms with E-state index in [9.17, 15) is 13.0 Å². The molecule has 0 aliphatic rings. The van der Waals surface area contributed by atoms with Gasteiger partial charge in [-0.05, 0) is 32.6 Å². The molecular formula is C18H41O4PS. The number of aliphatic hydroxyl groups is 1. The summed E-state index contributed by atoms with van der Waals surface area (Å²) in [7, 11) is -5.00.